The molecule has 0 aromatic carbocycles. The Labute approximate surface area is 118 Å². The maximum absolute atomic E-state index is 10.9. The topological polar surface area (TPSA) is 106 Å². The summed E-state index contributed by atoms with van der Waals surface area (Å²) in [5.41, 5.74) is 2.33. The Balaban J connectivity index is 2.01. The van der Waals surface area contributed by atoms with Crippen molar-refractivity contribution in [3.8, 4) is 0 Å². The maximum atomic E-state index is 10.9. The summed E-state index contributed by atoms with van der Waals surface area (Å²) < 4.78 is 0. The lowest BCUT2D eigenvalue weighted by molar-refractivity contribution is -0.384. The van der Waals surface area contributed by atoms with E-state index < -0.39 is 4.92 Å². The molecular formula is C13H21N5O2. The summed E-state index contributed by atoms with van der Waals surface area (Å²) in [6.07, 6.45) is 4.95. The van der Waals surface area contributed by atoms with Gasteiger partial charge in [-0.2, -0.15) is 0 Å². The van der Waals surface area contributed by atoms with Crippen LogP contribution in [0.3, 0.4) is 0 Å². The van der Waals surface area contributed by atoms with E-state index in [0.717, 1.165) is 12.5 Å². The summed E-state index contributed by atoms with van der Waals surface area (Å²) in [6, 6.07) is 2.75. The molecule has 0 amide bonds. The van der Waals surface area contributed by atoms with Gasteiger partial charge in [0.1, 0.15) is 11.6 Å². The molecule has 1 heterocycles. The highest BCUT2D eigenvalue weighted by molar-refractivity contribution is 5.54. The number of anilines is 2. The third-order valence-corrected chi connectivity index (χ3v) is 3.79. The molecule has 1 saturated carbocycles. The SMILES string of the molecule is CC1CCCC(CNc2cc([N+](=O)[O-])cc(NN)n2)C1. The van der Waals surface area contributed by atoms with Gasteiger partial charge >= 0.3 is 0 Å². The molecule has 0 bridgehead atoms. The number of hydrogen-bond donors (Lipinski definition) is 3. The van der Waals surface area contributed by atoms with Gasteiger partial charge in [0, 0.05) is 6.54 Å². The lowest BCUT2D eigenvalue weighted by atomic mass is 9.82. The molecule has 7 nitrogen and oxygen atoms in total. The monoisotopic (exact) mass is 279 g/mol. The van der Waals surface area contributed by atoms with Crippen LogP contribution in [-0.4, -0.2) is 16.5 Å². The van der Waals surface area contributed by atoms with Crippen LogP contribution in [0.25, 0.3) is 0 Å². The molecule has 1 aliphatic carbocycles. The van der Waals surface area contributed by atoms with Crippen LogP contribution in [-0.2, 0) is 0 Å². The summed E-state index contributed by atoms with van der Waals surface area (Å²) in [4.78, 5) is 14.6. The lowest BCUT2D eigenvalue weighted by Gasteiger charge is -2.26. The van der Waals surface area contributed by atoms with Gasteiger partial charge in [-0.1, -0.05) is 19.8 Å². The van der Waals surface area contributed by atoms with E-state index in [4.69, 9.17) is 5.84 Å². The number of nitro groups is 1. The fraction of sp³-hybridized carbons (Fsp3) is 0.615. The highest BCUT2D eigenvalue weighted by atomic mass is 16.6. The lowest BCUT2D eigenvalue weighted by Crippen LogP contribution is -2.21. The maximum Gasteiger partial charge on any atom is 0.276 e. The van der Waals surface area contributed by atoms with Gasteiger partial charge in [-0.25, -0.2) is 10.8 Å². The molecule has 0 radical (unpaired) electrons. The number of nitrogen functional groups attached to an aromatic ring is 1. The number of pyridine rings is 1. The van der Waals surface area contributed by atoms with Crippen LogP contribution in [0, 0.1) is 22.0 Å². The van der Waals surface area contributed by atoms with E-state index in [1.807, 2.05) is 0 Å². The van der Waals surface area contributed by atoms with Gasteiger partial charge in [0.25, 0.3) is 5.69 Å². The molecule has 1 fully saturated rings. The third-order valence-electron chi connectivity index (χ3n) is 3.79. The molecule has 7 heteroatoms. The van der Waals surface area contributed by atoms with Crippen molar-refractivity contribution >= 4 is 17.3 Å². The summed E-state index contributed by atoms with van der Waals surface area (Å²) in [6.45, 7) is 3.07. The number of aromatic nitrogens is 1. The van der Waals surface area contributed by atoms with Crippen molar-refractivity contribution in [1.82, 2.24) is 4.98 Å². The molecule has 2 rings (SSSR count). The first kappa shape index (κ1) is 14.5. The van der Waals surface area contributed by atoms with E-state index in [1.165, 1.54) is 37.8 Å². The Morgan fingerprint density at radius 1 is 1.45 bits per heavy atom. The van der Waals surface area contributed by atoms with E-state index in [2.05, 4.69) is 22.7 Å². The normalized spacial score (nSPS) is 22.3. The van der Waals surface area contributed by atoms with Gasteiger partial charge in [0.05, 0.1) is 17.1 Å². The molecule has 110 valence electrons. The van der Waals surface area contributed by atoms with Crippen molar-refractivity contribution in [3.05, 3.63) is 22.2 Å². The number of nitrogens with one attached hydrogen (secondary N) is 2. The first-order chi connectivity index (χ1) is 9.58. The van der Waals surface area contributed by atoms with Crippen LogP contribution < -0.4 is 16.6 Å². The van der Waals surface area contributed by atoms with Crippen molar-refractivity contribution in [2.24, 2.45) is 17.7 Å². The van der Waals surface area contributed by atoms with Crippen molar-refractivity contribution in [1.29, 1.82) is 0 Å². The molecule has 1 aromatic heterocycles. The second kappa shape index (κ2) is 6.51. The zero-order valence-corrected chi connectivity index (χ0v) is 11.6. The van der Waals surface area contributed by atoms with Crippen LogP contribution in [0.15, 0.2) is 12.1 Å². The molecule has 2 unspecified atom stereocenters. The Morgan fingerprint density at radius 2 is 2.20 bits per heavy atom. The number of nitrogens with two attached hydrogens (primary N) is 1. The summed E-state index contributed by atoms with van der Waals surface area (Å²) in [5.74, 6) is 7.43. The second-order valence-electron chi connectivity index (χ2n) is 5.52. The van der Waals surface area contributed by atoms with Gasteiger partial charge in [-0.15, -0.1) is 0 Å². The number of rotatable bonds is 5. The van der Waals surface area contributed by atoms with Crippen LogP contribution in [0.5, 0.6) is 0 Å². The minimum absolute atomic E-state index is 0.0209. The fourth-order valence-electron chi connectivity index (χ4n) is 2.78. The standard InChI is InChI=1S/C13H21N5O2/c1-9-3-2-4-10(5-9)8-15-12-6-11(18(19)20)7-13(16-12)17-14/h6-7,9-10H,2-5,8,14H2,1H3,(H2,15,16,17). The Bertz CT molecular complexity index is 480. The quantitative estimate of drug-likeness (QED) is 0.434. The van der Waals surface area contributed by atoms with E-state index in [1.54, 1.807) is 0 Å². The zero-order chi connectivity index (χ0) is 14.5. The predicted molar refractivity (Wildman–Crippen MR) is 78.3 cm³/mol. The Hall–Kier alpha value is -1.89. The van der Waals surface area contributed by atoms with E-state index in [-0.39, 0.29) is 5.69 Å². The molecular weight excluding hydrogens is 258 g/mol. The minimum atomic E-state index is -0.448. The van der Waals surface area contributed by atoms with Gasteiger partial charge < -0.3 is 10.7 Å². The predicted octanol–water partition coefficient (Wildman–Crippen LogP) is 2.51. The Kier molecular flexibility index (Phi) is 4.73. The molecule has 0 spiro atoms. The van der Waals surface area contributed by atoms with Crippen molar-refractivity contribution in [3.63, 3.8) is 0 Å². The van der Waals surface area contributed by atoms with Gasteiger partial charge in [0.15, 0.2) is 0 Å². The Morgan fingerprint density at radius 3 is 2.85 bits per heavy atom. The first-order valence-corrected chi connectivity index (χ1v) is 6.95. The minimum Gasteiger partial charge on any atom is -0.370 e. The molecule has 1 aliphatic rings. The van der Waals surface area contributed by atoms with Crippen molar-refractivity contribution in [2.45, 2.75) is 32.6 Å². The molecule has 20 heavy (non-hydrogen) atoms. The summed E-state index contributed by atoms with van der Waals surface area (Å²) >= 11 is 0. The van der Waals surface area contributed by atoms with Gasteiger partial charge in [-0.3, -0.25) is 10.1 Å². The molecule has 1 aromatic rings. The smallest absolute Gasteiger partial charge is 0.276 e. The average Bonchev–Trinajstić information content (AvgIpc) is 2.45. The van der Waals surface area contributed by atoms with Crippen LogP contribution >= 0.6 is 0 Å². The van der Waals surface area contributed by atoms with Crippen LogP contribution in [0.4, 0.5) is 17.3 Å². The average molecular weight is 279 g/mol. The highest BCUT2D eigenvalue weighted by Gasteiger charge is 2.19. The van der Waals surface area contributed by atoms with Gasteiger partial charge in [-0.05, 0) is 24.7 Å². The van der Waals surface area contributed by atoms with E-state index in [9.17, 15) is 10.1 Å². The van der Waals surface area contributed by atoms with E-state index >= 15 is 0 Å². The highest BCUT2D eigenvalue weighted by Crippen LogP contribution is 2.29. The summed E-state index contributed by atoms with van der Waals surface area (Å²) in [7, 11) is 0. The number of nitrogens with zero attached hydrogens (tertiary/aromatic N) is 2. The number of hydrazine groups is 1. The van der Waals surface area contributed by atoms with Gasteiger partial charge in [0.2, 0.25) is 0 Å². The molecule has 0 aliphatic heterocycles. The molecule has 2 atom stereocenters. The largest absolute Gasteiger partial charge is 0.370 e. The zero-order valence-electron chi connectivity index (χ0n) is 11.6. The third kappa shape index (κ3) is 3.80. The molecule has 4 N–H and O–H groups in total. The van der Waals surface area contributed by atoms with Crippen LogP contribution in [0.2, 0.25) is 0 Å². The van der Waals surface area contributed by atoms with Crippen LogP contribution in [0.1, 0.15) is 32.6 Å². The molecule has 0 saturated heterocycles. The summed E-state index contributed by atoms with van der Waals surface area (Å²) in [5, 5.41) is 14.0. The second-order valence-corrected chi connectivity index (χ2v) is 5.52. The fourth-order valence-corrected chi connectivity index (χ4v) is 2.78. The number of hydrogen-bond acceptors (Lipinski definition) is 6. The van der Waals surface area contributed by atoms with E-state index in [0.29, 0.717) is 17.6 Å². The van der Waals surface area contributed by atoms with Crippen molar-refractivity contribution < 1.29 is 4.92 Å². The van der Waals surface area contributed by atoms with Crippen molar-refractivity contribution in [2.75, 3.05) is 17.3 Å². The first-order valence-electron chi connectivity index (χ1n) is 6.95.